The summed E-state index contributed by atoms with van der Waals surface area (Å²) in [7, 11) is -1.80. The summed E-state index contributed by atoms with van der Waals surface area (Å²) in [5.41, 5.74) is 2.38. The second-order valence-electron chi connectivity index (χ2n) is 8.18. The molecule has 1 heterocycles. The Balaban J connectivity index is 0.00000300. The number of benzene rings is 1. The number of hydrogen-bond acceptors (Lipinski definition) is 3. The SMILES string of the molecule is CCNC(=NCc1ccc(CS(=O)(=O)NC)cc1)N1CCC2(CCCCC2)C1.I. The van der Waals surface area contributed by atoms with E-state index in [9.17, 15) is 8.42 Å². The Morgan fingerprint density at radius 1 is 1.10 bits per heavy atom. The number of hydrogen-bond donors (Lipinski definition) is 2. The van der Waals surface area contributed by atoms with Crippen LogP contribution in [-0.2, 0) is 22.3 Å². The van der Waals surface area contributed by atoms with Crippen molar-refractivity contribution < 1.29 is 8.42 Å². The van der Waals surface area contributed by atoms with E-state index in [1.165, 1.54) is 45.6 Å². The van der Waals surface area contributed by atoms with Gasteiger partial charge in [-0.3, -0.25) is 0 Å². The summed E-state index contributed by atoms with van der Waals surface area (Å²) in [6.45, 7) is 5.79. The number of halogens is 1. The lowest BCUT2D eigenvalue weighted by Crippen LogP contribution is -2.41. The second kappa shape index (κ2) is 10.9. The van der Waals surface area contributed by atoms with Gasteiger partial charge in [0, 0.05) is 19.6 Å². The molecule has 29 heavy (non-hydrogen) atoms. The summed E-state index contributed by atoms with van der Waals surface area (Å²) in [5, 5.41) is 3.46. The van der Waals surface area contributed by atoms with Crippen LogP contribution in [0.1, 0.15) is 56.6 Å². The highest BCUT2D eigenvalue weighted by Crippen LogP contribution is 2.43. The van der Waals surface area contributed by atoms with Gasteiger partial charge in [0.05, 0.1) is 12.3 Å². The molecule has 0 bridgehead atoms. The Morgan fingerprint density at radius 2 is 1.76 bits per heavy atom. The van der Waals surface area contributed by atoms with Crippen molar-refractivity contribution in [3.8, 4) is 0 Å². The average molecular weight is 535 g/mol. The number of rotatable bonds is 6. The van der Waals surface area contributed by atoms with Gasteiger partial charge < -0.3 is 10.2 Å². The van der Waals surface area contributed by atoms with Gasteiger partial charge in [-0.25, -0.2) is 18.1 Å². The van der Waals surface area contributed by atoms with Crippen molar-refractivity contribution in [3.05, 3.63) is 35.4 Å². The molecule has 1 saturated heterocycles. The molecule has 2 aliphatic rings. The molecule has 1 aliphatic carbocycles. The maximum Gasteiger partial charge on any atom is 0.215 e. The predicted octanol–water partition coefficient (Wildman–Crippen LogP) is 3.48. The summed E-state index contributed by atoms with van der Waals surface area (Å²) in [6, 6.07) is 7.69. The lowest BCUT2D eigenvalue weighted by atomic mass is 9.73. The Morgan fingerprint density at radius 3 is 2.38 bits per heavy atom. The van der Waals surface area contributed by atoms with Crippen LogP contribution >= 0.6 is 24.0 Å². The van der Waals surface area contributed by atoms with Crippen molar-refractivity contribution in [1.82, 2.24) is 14.9 Å². The number of likely N-dealkylation sites (tertiary alicyclic amines) is 1. The summed E-state index contributed by atoms with van der Waals surface area (Å²) in [6.07, 6.45) is 8.14. The Hall–Kier alpha value is -0.870. The largest absolute Gasteiger partial charge is 0.357 e. The molecule has 0 aromatic heterocycles. The number of aliphatic imine (C=N–C) groups is 1. The lowest BCUT2D eigenvalue weighted by Gasteiger charge is -2.33. The van der Waals surface area contributed by atoms with Crippen molar-refractivity contribution in [1.29, 1.82) is 0 Å². The zero-order valence-electron chi connectivity index (χ0n) is 17.6. The van der Waals surface area contributed by atoms with Crippen molar-refractivity contribution >= 4 is 40.0 Å². The summed E-state index contributed by atoms with van der Waals surface area (Å²) < 4.78 is 25.7. The van der Waals surface area contributed by atoms with Gasteiger partial charge in [-0.2, -0.15) is 0 Å². The number of nitrogens with one attached hydrogen (secondary N) is 2. The molecule has 1 spiro atoms. The minimum atomic E-state index is -3.24. The molecule has 164 valence electrons. The van der Waals surface area contributed by atoms with Crippen molar-refractivity contribution in [2.75, 3.05) is 26.7 Å². The van der Waals surface area contributed by atoms with Crippen LogP contribution in [0.3, 0.4) is 0 Å². The highest BCUT2D eigenvalue weighted by molar-refractivity contribution is 14.0. The molecule has 3 rings (SSSR count). The third-order valence-electron chi connectivity index (χ3n) is 6.09. The van der Waals surface area contributed by atoms with Gasteiger partial charge in [-0.15, -0.1) is 24.0 Å². The fourth-order valence-corrected chi connectivity index (χ4v) is 5.23. The summed E-state index contributed by atoms with van der Waals surface area (Å²) in [4.78, 5) is 7.30. The third kappa shape index (κ3) is 6.82. The second-order valence-corrected chi connectivity index (χ2v) is 10.1. The molecule has 0 unspecified atom stereocenters. The molecule has 1 aliphatic heterocycles. The zero-order chi connectivity index (χ0) is 20.0. The van der Waals surface area contributed by atoms with Gasteiger partial charge in [0.15, 0.2) is 5.96 Å². The molecule has 1 aromatic rings. The van der Waals surface area contributed by atoms with Crippen molar-refractivity contribution in [2.24, 2.45) is 10.4 Å². The van der Waals surface area contributed by atoms with Gasteiger partial charge in [0.2, 0.25) is 10.0 Å². The van der Waals surface area contributed by atoms with Gasteiger partial charge >= 0.3 is 0 Å². The average Bonchev–Trinajstić information content (AvgIpc) is 3.09. The monoisotopic (exact) mass is 534 g/mol. The van der Waals surface area contributed by atoms with Crippen molar-refractivity contribution in [3.63, 3.8) is 0 Å². The van der Waals surface area contributed by atoms with E-state index in [-0.39, 0.29) is 29.7 Å². The normalized spacial score (nSPS) is 19.2. The van der Waals surface area contributed by atoms with Gasteiger partial charge in [-0.1, -0.05) is 43.5 Å². The molecule has 0 radical (unpaired) electrons. The van der Waals surface area contributed by atoms with E-state index in [0.717, 1.165) is 36.7 Å². The lowest BCUT2D eigenvalue weighted by molar-refractivity contribution is 0.203. The van der Waals surface area contributed by atoms with Crippen LogP contribution in [-0.4, -0.2) is 46.0 Å². The van der Waals surface area contributed by atoms with E-state index in [4.69, 9.17) is 4.99 Å². The van der Waals surface area contributed by atoms with Gasteiger partial charge in [0.25, 0.3) is 0 Å². The standard InChI is InChI=1S/C21H34N4O2S.HI/c1-3-23-20(25-14-13-21(17-25)11-5-4-6-12-21)24-15-18-7-9-19(10-8-18)16-28(26,27)22-2;/h7-10,22H,3-6,11-17H2,1-2H3,(H,23,24);1H. The van der Waals surface area contributed by atoms with E-state index in [1.54, 1.807) is 0 Å². The molecule has 1 saturated carbocycles. The highest BCUT2D eigenvalue weighted by atomic mass is 127. The van der Waals surface area contributed by atoms with E-state index in [0.29, 0.717) is 12.0 Å². The number of sulfonamides is 1. The first-order valence-corrected chi connectivity index (χ1v) is 12.1. The Kier molecular flexibility index (Phi) is 9.21. The fourth-order valence-electron chi connectivity index (χ4n) is 4.45. The van der Waals surface area contributed by atoms with Crippen LogP contribution in [0.5, 0.6) is 0 Å². The minimum absolute atomic E-state index is 0. The van der Waals surface area contributed by atoms with Gasteiger partial charge in [0.1, 0.15) is 0 Å². The zero-order valence-corrected chi connectivity index (χ0v) is 20.8. The van der Waals surface area contributed by atoms with Crippen LogP contribution in [0.15, 0.2) is 29.3 Å². The topological polar surface area (TPSA) is 73.8 Å². The molecule has 6 nitrogen and oxygen atoms in total. The smallest absolute Gasteiger partial charge is 0.215 e. The first kappa shape index (κ1) is 24.4. The molecule has 0 atom stereocenters. The maximum absolute atomic E-state index is 11.7. The molecule has 8 heteroatoms. The molecule has 0 amide bonds. The quantitative estimate of drug-likeness (QED) is 0.333. The number of guanidine groups is 1. The summed E-state index contributed by atoms with van der Waals surface area (Å²) >= 11 is 0. The minimum Gasteiger partial charge on any atom is -0.357 e. The first-order chi connectivity index (χ1) is 13.5. The Bertz CT molecular complexity index is 774. The highest BCUT2D eigenvalue weighted by Gasteiger charge is 2.39. The van der Waals surface area contributed by atoms with Crippen LogP contribution in [0.25, 0.3) is 0 Å². The fraction of sp³-hybridized carbons (Fsp3) is 0.667. The molecular formula is C21H35IN4O2S. The predicted molar refractivity (Wildman–Crippen MR) is 130 cm³/mol. The van der Waals surface area contributed by atoms with Gasteiger partial charge in [-0.05, 0) is 49.8 Å². The van der Waals surface area contributed by atoms with E-state index in [1.807, 2.05) is 24.3 Å². The molecule has 1 aromatic carbocycles. The van der Waals surface area contributed by atoms with E-state index >= 15 is 0 Å². The molecular weight excluding hydrogens is 499 g/mol. The number of nitrogens with zero attached hydrogens (tertiary/aromatic N) is 2. The van der Waals surface area contributed by atoms with Crippen LogP contribution in [0, 0.1) is 5.41 Å². The summed E-state index contributed by atoms with van der Waals surface area (Å²) in [5.74, 6) is 1.01. The maximum atomic E-state index is 11.7. The molecule has 2 fully saturated rings. The van der Waals surface area contributed by atoms with Crippen molar-refractivity contribution in [2.45, 2.75) is 57.7 Å². The van der Waals surface area contributed by atoms with Crippen LogP contribution in [0.4, 0.5) is 0 Å². The van der Waals surface area contributed by atoms with E-state index < -0.39 is 10.0 Å². The Labute approximate surface area is 193 Å². The third-order valence-corrected chi connectivity index (χ3v) is 7.42. The van der Waals surface area contributed by atoms with Crippen LogP contribution in [0.2, 0.25) is 0 Å². The van der Waals surface area contributed by atoms with Crippen LogP contribution < -0.4 is 10.0 Å². The molecule has 2 N–H and O–H groups in total. The van der Waals surface area contributed by atoms with E-state index in [2.05, 4.69) is 21.9 Å². The first-order valence-electron chi connectivity index (χ1n) is 10.5.